The van der Waals surface area contributed by atoms with Gasteiger partial charge in [-0.05, 0) is 20.3 Å². The van der Waals surface area contributed by atoms with Crippen molar-refractivity contribution in [1.29, 1.82) is 5.26 Å². The van der Waals surface area contributed by atoms with Crippen LogP contribution >= 0.6 is 0 Å². The van der Waals surface area contributed by atoms with Crippen LogP contribution in [0, 0.1) is 17.2 Å². The number of esters is 1. The molecule has 0 spiro atoms. The number of ketones is 1. The molecule has 0 aromatic heterocycles. The van der Waals surface area contributed by atoms with Crippen molar-refractivity contribution in [2.45, 2.75) is 26.7 Å². The smallest absolute Gasteiger partial charge is 0.305 e. The number of ether oxygens (including phenoxy) is 1. The third-order valence-corrected chi connectivity index (χ3v) is 1.59. The SMILES string of the molecule is CCOC(=O)CCC(C#N)C(C)=O. The van der Waals surface area contributed by atoms with Gasteiger partial charge in [0.15, 0.2) is 0 Å². The van der Waals surface area contributed by atoms with Crippen LogP contribution in [0.15, 0.2) is 0 Å². The van der Waals surface area contributed by atoms with Crippen LogP contribution in [0.25, 0.3) is 0 Å². The van der Waals surface area contributed by atoms with E-state index < -0.39 is 5.92 Å². The number of hydrogen-bond donors (Lipinski definition) is 0. The molecule has 13 heavy (non-hydrogen) atoms. The summed E-state index contributed by atoms with van der Waals surface area (Å²) in [5.41, 5.74) is 0. The minimum Gasteiger partial charge on any atom is -0.466 e. The molecule has 1 atom stereocenters. The summed E-state index contributed by atoms with van der Waals surface area (Å²) in [7, 11) is 0. The van der Waals surface area contributed by atoms with Gasteiger partial charge >= 0.3 is 5.97 Å². The average Bonchev–Trinajstić information content (AvgIpc) is 2.05. The van der Waals surface area contributed by atoms with Crippen LogP contribution in [0.5, 0.6) is 0 Å². The van der Waals surface area contributed by atoms with E-state index in [0.29, 0.717) is 6.61 Å². The maximum atomic E-state index is 10.8. The van der Waals surface area contributed by atoms with Crippen molar-refractivity contribution in [1.82, 2.24) is 0 Å². The highest BCUT2D eigenvalue weighted by Gasteiger charge is 2.14. The van der Waals surface area contributed by atoms with Gasteiger partial charge in [0.05, 0.1) is 12.7 Å². The second-order valence-electron chi connectivity index (χ2n) is 2.64. The van der Waals surface area contributed by atoms with E-state index in [-0.39, 0.29) is 24.6 Å². The minimum atomic E-state index is -0.676. The molecule has 0 saturated heterocycles. The van der Waals surface area contributed by atoms with E-state index in [2.05, 4.69) is 4.74 Å². The predicted molar refractivity (Wildman–Crippen MR) is 45.7 cm³/mol. The molecule has 0 rings (SSSR count). The summed E-state index contributed by atoms with van der Waals surface area (Å²) in [6.07, 6.45) is 0.385. The van der Waals surface area contributed by atoms with Crippen LogP contribution in [0.4, 0.5) is 0 Å². The van der Waals surface area contributed by atoms with Gasteiger partial charge < -0.3 is 4.74 Å². The van der Waals surface area contributed by atoms with Crippen LogP contribution in [0.3, 0.4) is 0 Å². The van der Waals surface area contributed by atoms with Gasteiger partial charge in [0.1, 0.15) is 11.7 Å². The molecule has 0 aromatic carbocycles. The Balaban J connectivity index is 3.80. The molecule has 0 heterocycles. The number of nitrogens with zero attached hydrogens (tertiary/aromatic N) is 1. The highest BCUT2D eigenvalue weighted by molar-refractivity contribution is 5.81. The van der Waals surface area contributed by atoms with Crippen molar-refractivity contribution in [2.24, 2.45) is 5.92 Å². The zero-order chi connectivity index (χ0) is 10.3. The second-order valence-corrected chi connectivity index (χ2v) is 2.64. The highest BCUT2D eigenvalue weighted by Crippen LogP contribution is 2.07. The molecule has 0 aliphatic rings. The number of carbonyl (C=O) groups excluding carboxylic acids is 2. The van der Waals surface area contributed by atoms with Crippen LogP contribution in [0.2, 0.25) is 0 Å². The lowest BCUT2D eigenvalue weighted by molar-refractivity contribution is -0.143. The van der Waals surface area contributed by atoms with Gasteiger partial charge in [-0.3, -0.25) is 9.59 Å². The molecule has 4 nitrogen and oxygen atoms in total. The predicted octanol–water partition coefficient (Wildman–Crippen LogP) is 1.06. The van der Waals surface area contributed by atoms with Gasteiger partial charge in [0.2, 0.25) is 0 Å². The Morgan fingerprint density at radius 3 is 2.54 bits per heavy atom. The number of Topliss-reactive ketones (excluding diaryl/α,β-unsaturated/α-hetero) is 1. The molecule has 0 radical (unpaired) electrons. The van der Waals surface area contributed by atoms with Crippen LogP contribution in [-0.2, 0) is 14.3 Å². The Kier molecular flexibility index (Phi) is 5.53. The lowest BCUT2D eigenvalue weighted by atomic mass is 10.0. The van der Waals surface area contributed by atoms with Crippen molar-refractivity contribution in [3.8, 4) is 6.07 Å². The molecule has 0 saturated carbocycles. The third kappa shape index (κ3) is 4.96. The first-order chi connectivity index (χ1) is 6.11. The van der Waals surface area contributed by atoms with E-state index in [1.165, 1.54) is 6.92 Å². The zero-order valence-electron chi connectivity index (χ0n) is 7.87. The standard InChI is InChI=1S/C9H13NO3/c1-3-13-9(12)5-4-8(6-10)7(2)11/h8H,3-5H2,1-2H3. The molecule has 4 heteroatoms. The monoisotopic (exact) mass is 183 g/mol. The van der Waals surface area contributed by atoms with E-state index in [1.807, 2.05) is 6.07 Å². The largest absolute Gasteiger partial charge is 0.466 e. The summed E-state index contributed by atoms with van der Waals surface area (Å²) in [6.45, 7) is 3.39. The fourth-order valence-corrected chi connectivity index (χ4v) is 0.854. The summed E-state index contributed by atoms with van der Waals surface area (Å²) in [6, 6.07) is 1.84. The van der Waals surface area contributed by atoms with Gasteiger partial charge in [-0.25, -0.2) is 0 Å². The molecule has 0 aliphatic heterocycles. The van der Waals surface area contributed by atoms with Crippen LogP contribution < -0.4 is 0 Å². The molecule has 0 aliphatic carbocycles. The number of hydrogen-bond acceptors (Lipinski definition) is 4. The molecule has 0 aromatic rings. The van der Waals surface area contributed by atoms with Gasteiger partial charge in [0.25, 0.3) is 0 Å². The molecular formula is C9H13NO3. The van der Waals surface area contributed by atoms with Gasteiger partial charge in [-0.15, -0.1) is 0 Å². The first-order valence-electron chi connectivity index (χ1n) is 4.17. The highest BCUT2D eigenvalue weighted by atomic mass is 16.5. The summed E-state index contributed by atoms with van der Waals surface area (Å²) < 4.78 is 4.66. The minimum absolute atomic E-state index is 0.131. The number of nitriles is 1. The number of rotatable bonds is 5. The Morgan fingerprint density at radius 1 is 1.54 bits per heavy atom. The first-order valence-corrected chi connectivity index (χ1v) is 4.17. The third-order valence-electron chi connectivity index (χ3n) is 1.59. The van der Waals surface area contributed by atoms with E-state index in [9.17, 15) is 9.59 Å². The van der Waals surface area contributed by atoms with Gasteiger partial charge in [0, 0.05) is 6.42 Å². The van der Waals surface area contributed by atoms with Crippen molar-refractivity contribution in [3.63, 3.8) is 0 Å². The zero-order valence-corrected chi connectivity index (χ0v) is 7.87. The maximum absolute atomic E-state index is 10.8. The summed E-state index contributed by atoms with van der Waals surface area (Å²) in [4.78, 5) is 21.6. The second kappa shape index (κ2) is 6.18. The Hall–Kier alpha value is -1.37. The topological polar surface area (TPSA) is 67.2 Å². The molecule has 1 unspecified atom stereocenters. The van der Waals surface area contributed by atoms with Gasteiger partial charge in [-0.2, -0.15) is 5.26 Å². The molecular weight excluding hydrogens is 170 g/mol. The van der Waals surface area contributed by atoms with E-state index in [0.717, 1.165) is 0 Å². The van der Waals surface area contributed by atoms with Crippen molar-refractivity contribution in [2.75, 3.05) is 6.61 Å². The van der Waals surface area contributed by atoms with Crippen LogP contribution in [-0.4, -0.2) is 18.4 Å². The Bertz CT molecular complexity index is 230. The van der Waals surface area contributed by atoms with Crippen molar-refractivity contribution >= 4 is 11.8 Å². The van der Waals surface area contributed by atoms with E-state index >= 15 is 0 Å². The molecule has 0 bridgehead atoms. The van der Waals surface area contributed by atoms with Crippen molar-refractivity contribution < 1.29 is 14.3 Å². The Morgan fingerprint density at radius 2 is 2.15 bits per heavy atom. The summed E-state index contributed by atoms with van der Waals surface area (Å²) in [5, 5.41) is 8.52. The van der Waals surface area contributed by atoms with E-state index in [4.69, 9.17) is 5.26 Å². The summed E-state index contributed by atoms with van der Waals surface area (Å²) in [5.74, 6) is -1.24. The van der Waals surface area contributed by atoms with E-state index in [1.54, 1.807) is 6.92 Å². The summed E-state index contributed by atoms with van der Waals surface area (Å²) >= 11 is 0. The lowest BCUT2D eigenvalue weighted by Crippen LogP contribution is -2.12. The molecule has 72 valence electrons. The molecule has 0 N–H and O–H groups in total. The first kappa shape index (κ1) is 11.6. The Labute approximate surface area is 77.5 Å². The normalized spacial score (nSPS) is 11.5. The molecule has 0 fully saturated rings. The quantitative estimate of drug-likeness (QED) is 0.597. The molecule has 0 amide bonds. The fourth-order valence-electron chi connectivity index (χ4n) is 0.854. The number of carbonyl (C=O) groups is 2. The lowest BCUT2D eigenvalue weighted by Gasteiger charge is -2.03. The van der Waals surface area contributed by atoms with Crippen molar-refractivity contribution in [3.05, 3.63) is 0 Å². The van der Waals surface area contributed by atoms with Crippen LogP contribution in [0.1, 0.15) is 26.7 Å². The fraction of sp³-hybridized carbons (Fsp3) is 0.667. The maximum Gasteiger partial charge on any atom is 0.305 e. The average molecular weight is 183 g/mol. The van der Waals surface area contributed by atoms with Gasteiger partial charge in [-0.1, -0.05) is 0 Å².